The molecule has 0 aromatic heterocycles. The third-order valence-corrected chi connectivity index (χ3v) is 5.35. The van der Waals surface area contributed by atoms with Gasteiger partial charge in [-0.15, -0.1) is 0 Å². The third-order valence-electron chi connectivity index (χ3n) is 5.35. The van der Waals surface area contributed by atoms with E-state index < -0.39 is 11.8 Å². The quantitative estimate of drug-likeness (QED) is 0.319. The zero-order chi connectivity index (χ0) is 21.6. The van der Waals surface area contributed by atoms with Gasteiger partial charge in [-0.2, -0.15) is 10.2 Å². The van der Waals surface area contributed by atoms with Gasteiger partial charge < -0.3 is 0 Å². The first kappa shape index (κ1) is 20.4. The Morgan fingerprint density at radius 1 is 0.839 bits per heavy atom. The van der Waals surface area contributed by atoms with Crippen molar-refractivity contribution in [2.24, 2.45) is 16.1 Å². The van der Waals surface area contributed by atoms with E-state index in [2.05, 4.69) is 10.2 Å². The Labute approximate surface area is 181 Å². The lowest BCUT2D eigenvalue weighted by atomic mass is 9.80. The maximum atomic E-state index is 14.0. The number of fused-ring (bicyclic) bond motifs is 1. The molecule has 0 radical (unpaired) electrons. The van der Waals surface area contributed by atoms with Crippen molar-refractivity contribution in [2.45, 2.75) is 12.8 Å². The fourth-order valence-corrected chi connectivity index (χ4v) is 3.93. The van der Waals surface area contributed by atoms with E-state index in [1.54, 1.807) is 24.4 Å². The number of Topliss-reactive ketones (excluding diaryl/α,β-unsaturated/α-hetero) is 2. The van der Waals surface area contributed by atoms with Gasteiger partial charge in [0.05, 0.1) is 11.6 Å². The molecule has 31 heavy (non-hydrogen) atoms. The zero-order valence-electron chi connectivity index (χ0n) is 17.2. The summed E-state index contributed by atoms with van der Waals surface area (Å²) in [5.41, 5.74) is 3.28. The first-order valence-corrected chi connectivity index (χ1v) is 10.2. The first-order valence-electron chi connectivity index (χ1n) is 10.2. The third kappa shape index (κ3) is 4.05. The van der Waals surface area contributed by atoms with Crippen LogP contribution >= 0.6 is 0 Å². The molecule has 1 aliphatic rings. The summed E-state index contributed by atoms with van der Waals surface area (Å²) in [7, 11) is 0. The van der Waals surface area contributed by atoms with Crippen LogP contribution in [0.2, 0.25) is 0 Å². The molecule has 0 N–H and O–H groups in total. The number of rotatable bonds is 6. The second kappa shape index (κ2) is 9.26. The van der Waals surface area contributed by atoms with Crippen molar-refractivity contribution in [3.63, 3.8) is 0 Å². The number of nitrogens with zero attached hydrogens (tertiary/aromatic N) is 2. The average Bonchev–Trinajstić information content (AvgIpc) is 3.10. The van der Waals surface area contributed by atoms with E-state index in [1.165, 1.54) is 0 Å². The maximum absolute atomic E-state index is 14.0. The van der Waals surface area contributed by atoms with Gasteiger partial charge in [-0.3, -0.25) is 9.59 Å². The molecule has 0 aliphatic heterocycles. The van der Waals surface area contributed by atoms with Gasteiger partial charge in [-0.25, -0.2) is 0 Å². The van der Waals surface area contributed by atoms with E-state index in [0.29, 0.717) is 16.8 Å². The largest absolute Gasteiger partial charge is 0.297 e. The van der Waals surface area contributed by atoms with E-state index in [9.17, 15) is 9.59 Å². The van der Waals surface area contributed by atoms with Crippen LogP contribution in [-0.4, -0.2) is 23.5 Å². The Balaban J connectivity index is 1.83. The molecule has 4 nitrogen and oxygen atoms in total. The molecule has 0 fully saturated rings. The minimum Gasteiger partial charge on any atom is -0.297 e. The molecule has 4 heteroatoms. The molecule has 0 saturated heterocycles. The monoisotopic (exact) mass is 406 g/mol. The summed E-state index contributed by atoms with van der Waals surface area (Å²) < 4.78 is 0. The summed E-state index contributed by atoms with van der Waals surface area (Å²) >= 11 is 0. The van der Waals surface area contributed by atoms with Gasteiger partial charge in [0.1, 0.15) is 5.92 Å². The molecule has 1 atom stereocenters. The van der Waals surface area contributed by atoms with Crippen LogP contribution in [0.5, 0.6) is 0 Å². The normalized spacial score (nSPS) is 17.2. The highest BCUT2D eigenvalue weighted by Gasteiger charge is 2.44. The molecule has 152 valence electrons. The molecule has 0 saturated carbocycles. The molecular weight excluding hydrogens is 384 g/mol. The molecule has 0 bridgehead atoms. The van der Waals surface area contributed by atoms with E-state index in [1.807, 2.05) is 85.8 Å². The second-order valence-corrected chi connectivity index (χ2v) is 7.28. The molecule has 1 aliphatic carbocycles. The predicted octanol–water partition coefficient (Wildman–Crippen LogP) is 5.25. The van der Waals surface area contributed by atoms with Crippen LogP contribution in [0.25, 0.3) is 0 Å². The van der Waals surface area contributed by atoms with Crippen LogP contribution in [-0.2, 0) is 4.79 Å². The van der Waals surface area contributed by atoms with Crippen LogP contribution in [0.15, 0.2) is 107 Å². The van der Waals surface area contributed by atoms with E-state index in [4.69, 9.17) is 0 Å². The standard InChI is InChI=1S/C27H22N2O2/c1-2-3-18-28-29-25-21-16-10-11-17-22(21)26(30)24(25)27(31)23(19-12-6-4-7-13-19)20-14-8-5-9-15-20/h2-18,23-24H,1H3/b3-2+,28-18-,29-25+/t24-/m0/s1. The minimum atomic E-state index is -0.995. The average molecular weight is 406 g/mol. The van der Waals surface area contributed by atoms with E-state index >= 15 is 0 Å². The highest BCUT2D eigenvalue weighted by atomic mass is 16.2. The van der Waals surface area contributed by atoms with Gasteiger partial charge >= 0.3 is 0 Å². The lowest BCUT2D eigenvalue weighted by Gasteiger charge is -2.20. The number of benzene rings is 3. The van der Waals surface area contributed by atoms with Crippen LogP contribution in [0.4, 0.5) is 0 Å². The lowest BCUT2D eigenvalue weighted by Crippen LogP contribution is -2.31. The smallest absolute Gasteiger partial charge is 0.180 e. The van der Waals surface area contributed by atoms with E-state index in [0.717, 1.165) is 11.1 Å². The van der Waals surface area contributed by atoms with Crippen LogP contribution in [0, 0.1) is 5.92 Å². The van der Waals surface area contributed by atoms with Gasteiger partial charge in [-0.1, -0.05) is 91.0 Å². The van der Waals surface area contributed by atoms with Crippen LogP contribution < -0.4 is 0 Å². The summed E-state index contributed by atoms with van der Waals surface area (Å²) in [6.45, 7) is 1.88. The van der Waals surface area contributed by atoms with Crippen molar-refractivity contribution in [3.8, 4) is 0 Å². The highest BCUT2D eigenvalue weighted by molar-refractivity contribution is 6.38. The fraction of sp³-hybridized carbons (Fsp3) is 0.111. The van der Waals surface area contributed by atoms with Crippen molar-refractivity contribution < 1.29 is 9.59 Å². The molecule has 0 unspecified atom stereocenters. The number of hydrogen-bond acceptors (Lipinski definition) is 4. The summed E-state index contributed by atoms with van der Waals surface area (Å²) in [5.74, 6) is -1.99. The number of allylic oxidation sites excluding steroid dienone is 2. The van der Waals surface area contributed by atoms with Crippen molar-refractivity contribution in [3.05, 3.63) is 119 Å². The van der Waals surface area contributed by atoms with Gasteiger partial charge in [0.2, 0.25) is 0 Å². The molecule has 3 aromatic rings. The Kier molecular flexibility index (Phi) is 6.08. The molecule has 0 amide bonds. The van der Waals surface area contributed by atoms with Crippen LogP contribution in [0.3, 0.4) is 0 Å². The Bertz CT molecular complexity index is 1140. The highest BCUT2D eigenvalue weighted by Crippen LogP contribution is 2.35. The van der Waals surface area contributed by atoms with Crippen molar-refractivity contribution in [2.75, 3.05) is 0 Å². The molecule has 3 aromatic carbocycles. The topological polar surface area (TPSA) is 58.9 Å². The summed E-state index contributed by atoms with van der Waals surface area (Å²) in [6.07, 6.45) is 5.13. The second-order valence-electron chi connectivity index (χ2n) is 7.28. The number of carbonyl (C=O) groups is 2. The first-order chi connectivity index (χ1) is 15.2. The molecular formula is C27H22N2O2. The Morgan fingerprint density at radius 2 is 1.39 bits per heavy atom. The summed E-state index contributed by atoms with van der Waals surface area (Å²) in [4.78, 5) is 27.3. The van der Waals surface area contributed by atoms with Gasteiger partial charge in [0.15, 0.2) is 11.6 Å². The van der Waals surface area contributed by atoms with Crippen LogP contribution in [0.1, 0.15) is 39.9 Å². The summed E-state index contributed by atoms with van der Waals surface area (Å²) in [6, 6.07) is 26.3. The van der Waals surface area contributed by atoms with Gasteiger partial charge in [0, 0.05) is 17.3 Å². The zero-order valence-corrected chi connectivity index (χ0v) is 17.2. The lowest BCUT2D eigenvalue weighted by molar-refractivity contribution is -0.120. The van der Waals surface area contributed by atoms with Crippen molar-refractivity contribution in [1.29, 1.82) is 0 Å². The fourth-order valence-electron chi connectivity index (χ4n) is 3.93. The molecule has 0 spiro atoms. The molecule has 0 heterocycles. The number of ketones is 2. The predicted molar refractivity (Wildman–Crippen MR) is 124 cm³/mol. The van der Waals surface area contributed by atoms with Gasteiger partial charge in [0.25, 0.3) is 0 Å². The van der Waals surface area contributed by atoms with Gasteiger partial charge in [-0.05, 0) is 24.1 Å². The Morgan fingerprint density at radius 3 is 1.97 bits per heavy atom. The number of hydrogen-bond donors (Lipinski definition) is 0. The SMILES string of the molecule is C/C=C/C=N\N=C1/c2ccccc2C(=O)[C@H]1C(=O)C(c1ccccc1)c1ccccc1. The summed E-state index contributed by atoms with van der Waals surface area (Å²) in [5, 5.41) is 8.40. The minimum absolute atomic E-state index is 0.196. The maximum Gasteiger partial charge on any atom is 0.180 e. The Hall–Kier alpha value is -3.92. The van der Waals surface area contributed by atoms with E-state index in [-0.39, 0.29) is 11.6 Å². The molecule has 4 rings (SSSR count). The number of carbonyl (C=O) groups excluding carboxylic acids is 2. The van der Waals surface area contributed by atoms with Crippen molar-refractivity contribution >= 4 is 23.5 Å². The van der Waals surface area contributed by atoms with Crippen molar-refractivity contribution in [1.82, 2.24) is 0 Å².